The molecular weight excluding hydrogens is 138 g/mol. The summed E-state index contributed by atoms with van der Waals surface area (Å²) < 4.78 is 0. The second-order valence-corrected chi connectivity index (χ2v) is 3.91. The third kappa shape index (κ3) is 1.05. The van der Waals surface area contributed by atoms with Gasteiger partial charge in [0.05, 0.1) is 12.5 Å². The Labute approximate surface area is 66.2 Å². The molecule has 0 aromatic rings. The molecule has 0 heterocycles. The maximum absolute atomic E-state index is 11.1. The lowest BCUT2D eigenvalue weighted by Crippen LogP contribution is -2.31. The summed E-state index contributed by atoms with van der Waals surface area (Å²) in [7, 11) is 0. The first-order valence-electron chi connectivity index (χ1n) is 4.15. The van der Waals surface area contributed by atoms with E-state index in [1.165, 1.54) is 12.8 Å². The van der Waals surface area contributed by atoms with Crippen molar-refractivity contribution in [3.63, 3.8) is 0 Å². The van der Waals surface area contributed by atoms with Crippen molar-refractivity contribution < 1.29 is 4.79 Å². The molecule has 0 saturated heterocycles. The first-order valence-corrected chi connectivity index (χ1v) is 4.15. The summed E-state index contributed by atoms with van der Waals surface area (Å²) in [6.07, 6.45) is 4.93. The molecule has 0 atom stereocenters. The van der Waals surface area contributed by atoms with Crippen LogP contribution in [0.2, 0.25) is 0 Å². The Kier molecular flexibility index (Phi) is 1.29. The molecule has 0 aliphatic heterocycles. The fourth-order valence-electron chi connectivity index (χ4n) is 2.02. The van der Waals surface area contributed by atoms with Crippen molar-refractivity contribution >= 4 is 5.78 Å². The highest BCUT2D eigenvalue weighted by Gasteiger charge is 2.54. The molecule has 1 spiro atoms. The molecule has 0 bridgehead atoms. The molecule has 2 aliphatic carbocycles. The molecule has 2 saturated carbocycles. The van der Waals surface area contributed by atoms with E-state index < -0.39 is 0 Å². The van der Waals surface area contributed by atoms with Crippen molar-refractivity contribution in [2.75, 3.05) is 0 Å². The van der Waals surface area contributed by atoms with Gasteiger partial charge in [-0.3, -0.25) is 4.79 Å². The minimum Gasteiger partial charge on any atom is -0.298 e. The number of nitriles is 1. The zero-order valence-corrected chi connectivity index (χ0v) is 6.47. The largest absolute Gasteiger partial charge is 0.298 e. The molecule has 2 heteroatoms. The highest BCUT2D eigenvalue weighted by molar-refractivity contribution is 5.84. The van der Waals surface area contributed by atoms with Crippen LogP contribution < -0.4 is 0 Å². The summed E-state index contributed by atoms with van der Waals surface area (Å²) in [5, 5.41) is 8.28. The van der Waals surface area contributed by atoms with Crippen molar-refractivity contribution in [1.29, 1.82) is 5.26 Å². The minimum atomic E-state index is 0.126. The van der Waals surface area contributed by atoms with Crippen LogP contribution >= 0.6 is 0 Å². The van der Waals surface area contributed by atoms with Crippen LogP contribution in [0.4, 0.5) is 0 Å². The zero-order valence-electron chi connectivity index (χ0n) is 6.47. The Morgan fingerprint density at radius 2 is 2.18 bits per heavy atom. The zero-order chi connectivity index (χ0) is 7.90. The number of carbonyl (C=O) groups excluding carboxylic acids is 1. The summed E-state index contributed by atoms with van der Waals surface area (Å²) >= 11 is 0. The topological polar surface area (TPSA) is 40.9 Å². The van der Waals surface area contributed by atoms with Crippen molar-refractivity contribution in [3.8, 4) is 6.07 Å². The molecule has 2 aliphatic rings. The van der Waals surface area contributed by atoms with Gasteiger partial charge in [-0.25, -0.2) is 0 Å². The molecule has 2 nitrogen and oxygen atoms in total. The average molecular weight is 149 g/mol. The highest BCUT2D eigenvalue weighted by atomic mass is 16.1. The van der Waals surface area contributed by atoms with Gasteiger partial charge < -0.3 is 0 Å². The number of ketones is 1. The van der Waals surface area contributed by atoms with Gasteiger partial charge in [0.1, 0.15) is 5.78 Å². The second-order valence-electron chi connectivity index (χ2n) is 3.91. The van der Waals surface area contributed by atoms with Crippen LogP contribution in [0.1, 0.15) is 32.1 Å². The molecule has 0 aromatic carbocycles. The first kappa shape index (κ1) is 6.84. The van der Waals surface area contributed by atoms with Crippen LogP contribution in [-0.2, 0) is 4.79 Å². The monoisotopic (exact) mass is 149 g/mol. The molecule has 58 valence electrons. The van der Waals surface area contributed by atoms with Gasteiger partial charge in [-0.15, -0.1) is 0 Å². The van der Waals surface area contributed by atoms with E-state index in [0.29, 0.717) is 5.41 Å². The summed E-state index contributed by atoms with van der Waals surface area (Å²) in [5.74, 6) is 0.419. The third-order valence-corrected chi connectivity index (χ3v) is 3.02. The lowest BCUT2D eigenvalue weighted by atomic mass is 9.69. The van der Waals surface area contributed by atoms with Crippen LogP contribution in [0, 0.1) is 22.7 Å². The molecule has 0 N–H and O–H groups in total. The smallest absolute Gasteiger partial charge is 0.150 e. The maximum atomic E-state index is 11.1. The number of hydrogen-bond acceptors (Lipinski definition) is 2. The third-order valence-electron chi connectivity index (χ3n) is 3.02. The van der Waals surface area contributed by atoms with Crippen molar-refractivity contribution in [1.82, 2.24) is 0 Å². The van der Waals surface area contributed by atoms with E-state index in [0.717, 1.165) is 12.8 Å². The Morgan fingerprint density at radius 3 is 2.64 bits per heavy atom. The van der Waals surface area contributed by atoms with E-state index in [-0.39, 0.29) is 18.1 Å². The van der Waals surface area contributed by atoms with Crippen molar-refractivity contribution in [2.24, 2.45) is 11.3 Å². The molecule has 0 aromatic heterocycles. The number of nitrogens with zero attached hydrogens (tertiary/aromatic N) is 1. The van der Waals surface area contributed by atoms with Crippen LogP contribution in [0.5, 0.6) is 0 Å². The SMILES string of the molecule is N#CCC(=O)C1CC2(CC2)C1. The van der Waals surface area contributed by atoms with Gasteiger partial charge in [0.15, 0.2) is 0 Å². The number of hydrogen-bond donors (Lipinski definition) is 0. The van der Waals surface area contributed by atoms with Gasteiger partial charge in [0, 0.05) is 5.92 Å². The second kappa shape index (κ2) is 2.07. The Hall–Kier alpha value is -0.840. The molecule has 2 fully saturated rings. The van der Waals surface area contributed by atoms with Gasteiger partial charge in [-0.1, -0.05) is 0 Å². The van der Waals surface area contributed by atoms with Gasteiger partial charge in [0.2, 0.25) is 0 Å². The van der Waals surface area contributed by atoms with Crippen LogP contribution in [0.15, 0.2) is 0 Å². The fourth-order valence-corrected chi connectivity index (χ4v) is 2.02. The van der Waals surface area contributed by atoms with Crippen LogP contribution in [0.25, 0.3) is 0 Å². The molecule has 0 unspecified atom stereocenters. The molecule has 11 heavy (non-hydrogen) atoms. The first-order chi connectivity index (χ1) is 5.26. The summed E-state index contributed by atoms with van der Waals surface area (Å²) in [6.45, 7) is 0. The molecule has 0 radical (unpaired) electrons. The summed E-state index contributed by atoms with van der Waals surface area (Å²) in [4.78, 5) is 11.1. The molecule has 0 amide bonds. The van der Waals surface area contributed by atoms with E-state index >= 15 is 0 Å². The average Bonchev–Trinajstić information content (AvgIpc) is 2.62. The Morgan fingerprint density at radius 1 is 1.55 bits per heavy atom. The predicted octanol–water partition coefficient (Wildman–Crippen LogP) is 1.66. The standard InChI is InChI=1S/C9H11NO/c10-4-1-8(11)7-5-9(6-7)2-3-9/h7H,1-3,5-6H2. The quantitative estimate of drug-likeness (QED) is 0.599. The van der Waals surface area contributed by atoms with E-state index in [4.69, 9.17) is 5.26 Å². The lowest BCUT2D eigenvalue weighted by molar-refractivity contribution is -0.126. The van der Waals surface area contributed by atoms with Gasteiger partial charge in [-0.05, 0) is 31.1 Å². The normalized spacial score (nSPS) is 25.7. The summed E-state index contributed by atoms with van der Waals surface area (Å²) in [5.41, 5.74) is 0.593. The molecule has 2 rings (SSSR count). The Bertz CT molecular complexity index is 226. The van der Waals surface area contributed by atoms with Crippen molar-refractivity contribution in [2.45, 2.75) is 32.1 Å². The van der Waals surface area contributed by atoms with Gasteiger partial charge in [0.25, 0.3) is 0 Å². The van der Waals surface area contributed by atoms with E-state index in [2.05, 4.69) is 0 Å². The number of carbonyl (C=O) groups is 1. The predicted molar refractivity (Wildman–Crippen MR) is 39.6 cm³/mol. The van der Waals surface area contributed by atoms with E-state index in [9.17, 15) is 4.79 Å². The lowest BCUT2D eigenvalue weighted by Gasteiger charge is -2.34. The fraction of sp³-hybridized carbons (Fsp3) is 0.778. The van der Waals surface area contributed by atoms with Gasteiger partial charge >= 0.3 is 0 Å². The maximum Gasteiger partial charge on any atom is 0.150 e. The van der Waals surface area contributed by atoms with Crippen molar-refractivity contribution in [3.05, 3.63) is 0 Å². The highest BCUT2D eigenvalue weighted by Crippen LogP contribution is 2.63. The van der Waals surface area contributed by atoms with E-state index in [1.807, 2.05) is 6.07 Å². The van der Waals surface area contributed by atoms with Crippen LogP contribution in [0.3, 0.4) is 0 Å². The van der Waals surface area contributed by atoms with Gasteiger partial charge in [-0.2, -0.15) is 5.26 Å². The number of rotatable bonds is 2. The number of Topliss-reactive ketones (excluding diaryl/α,β-unsaturated/α-hetero) is 1. The Balaban J connectivity index is 1.82. The van der Waals surface area contributed by atoms with Crippen LogP contribution in [-0.4, -0.2) is 5.78 Å². The van der Waals surface area contributed by atoms with E-state index in [1.54, 1.807) is 0 Å². The molecular formula is C9H11NO. The summed E-state index contributed by atoms with van der Waals surface area (Å²) in [6, 6.07) is 1.91. The minimum absolute atomic E-state index is 0.126.